The average molecular weight is 352 g/mol. The zero-order chi connectivity index (χ0) is 17.9. The Morgan fingerprint density at radius 3 is 2.56 bits per heavy atom. The Morgan fingerprint density at radius 2 is 1.96 bits per heavy atom. The van der Waals surface area contributed by atoms with Gasteiger partial charge in [-0.15, -0.1) is 0 Å². The molecule has 2 N–H and O–H groups in total. The van der Waals surface area contributed by atoms with E-state index < -0.39 is 24.9 Å². The first-order valence-corrected chi connectivity index (χ1v) is 8.87. The first-order chi connectivity index (χ1) is 11.9. The third kappa shape index (κ3) is 4.89. The summed E-state index contributed by atoms with van der Waals surface area (Å²) in [4.78, 5) is 16.7. The monoisotopic (exact) mass is 352 g/mol. The van der Waals surface area contributed by atoms with Crippen LogP contribution in [0.5, 0.6) is 0 Å². The molecule has 1 amide bonds. The summed E-state index contributed by atoms with van der Waals surface area (Å²) in [7, 11) is 0. The van der Waals surface area contributed by atoms with Crippen molar-refractivity contribution in [1.29, 1.82) is 0 Å². The zero-order valence-electron chi connectivity index (χ0n) is 14.5. The number of amides is 1. The summed E-state index contributed by atoms with van der Waals surface area (Å²) in [5.41, 5.74) is 1.23. The fourth-order valence-electron chi connectivity index (χ4n) is 3.50. The van der Waals surface area contributed by atoms with Crippen molar-refractivity contribution in [2.24, 2.45) is 0 Å². The van der Waals surface area contributed by atoms with E-state index in [1.165, 1.54) is 5.69 Å². The van der Waals surface area contributed by atoms with Gasteiger partial charge in [0.25, 0.3) is 5.92 Å². The molecule has 0 spiro atoms. The quantitative estimate of drug-likeness (QED) is 0.839. The van der Waals surface area contributed by atoms with Crippen molar-refractivity contribution in [3.05, 3.63) is 30.3 Å². The van der Waals surface area contributed by atoms with E-state index in [0.717, 1.165) is 32.7 Å². The molecule has 7 heteroatoms. The Labute approximate surface area is 147 Å². The van der Waals surface area contributed by atoms with Crippen LogP contribution in [0.25, 0.3) is 0 Å². The average Bonchev–Trinajstić information content (AvgIpc) is 2.96. The van der Waals surface area contributed by atoms with Crippen molar-refractivity contribution in [1.82, 2.24) is 15.5 Å². The van der Waals surface area contributed by atoms with E-state index in [9.17, 15) is 13.6 Å². The number of hydrogen-bond donors (Lipinski definition) is 2. The number of anilines is 1. The zero-order valence-corrected chi connectivity index (χ0v) is 14.5. The molecule has 0 aromatic heterocycles. The van der Waals surface area contributed by atoms with Gasteiger partial charge in [0.05, 0.1) is 12.6 Å². The fourth-order valence-corrected chi connectivity index (χ4v) is 3.50. The van der Waals surface area contributed by atoms with Gasteiger partial charge in [0.1, 0.15) is 0 Å². The number of nitrogens with one attached hydrogen (secondary N) is 2. The number of nitrogens with zero attached hydrogens (tertiary/aromatic N) is 2. The minimum Gasteiger partial charge on any atom is -0.369 e. The lowest BCUT2D eigenvalue weighted by atomic mass is 10.1. The van der Waals surface area contributed by atoms with Crippen molar-refractivity contribution in [2.75, 3.05) is 44.2 Å². The second kappa shape index (κ2) is 7.66. The molecular formula is C18H26F2N4O. The van der Waals surface area contributed by atoms with Crippen molar-refractivity contribution >= 4 is 11.6 Å². The number of rotatable bonds is 5. The summed E-state index contributed by atoms with van der Waals surface area (Å²) in [6.07, 6.45) is -0.415. The number of alkyl halides is 2. The molecule has 2 saturated heterocycles. The van der Waals surface area contributed by atoms with Gasteiger partial charge in [0.2, 0.25) is 5.91 Å². The van der Waals surface area contributed by atoms with Gasteiger partial charge in [-0.2, -0.15) is 0 Å². The van der Waals surface area contributed by atoms with Crippen LogP contribution >= 0.6 is 0 Å². The smallest absolute Gasteiger partial charge is 0.262 e. The summed E-state index contributed by atoms with van der Waals surface area (Å²) in [5, 5.41) is 5.46. The van der Waals surface area contributed by atoms with Crippen LogP contribution in [0.3, 0.4) is 0 Å². The highest BCUT2D eigenvalue weighted by Gasteiger charge is 2.42. The normalized spacial score (nSPS) is 24.9. The number of carbonyl (C=O) groups excluding carboxylic acids is 1. The number of piperazine rings is 1. The number of hydrogen-bond acceptors (Lipinski definition) is 4. The van der Waals surface area contributed by atoms with E-state index in [1.807, 2.05) is 25.1 Å². The van der Waals surface area contributed by atoms with Crippen molar-refractivity contribution in [3.8, 4) is 0 Å². The Balaban J connectivity index is 1.41. The highest BCUT2D eigenvalue weighted by molar-refractivity contribution is 5.82. The molecule has 0 aliphatic carbocycles. The standard InChI is InChI=1S/C18H26F2N4O/c1-14(22-17(25)16-11-18(19,20)13-21-16)12-23-7-9-24(10-8-23)15-5-3-2-4-6-15/h2-6,14,16,21H,7-13H2,1H3,(H,22,25). The molecule has 1 aromatic rings. The Kier molecular flexibility index (Phi) is 5.54. The third-order valence-corrected chi connectivity index (χ3v) is 4.84. The largest absolute Gasteiger partial charge is 0.369 e. The number of benzene rings is 1. The van der Waals surface area contributed by atoms with E-state index in [2.05, 4.69) is 32.6 Å². The maximum absolute atomic E-state index is 13.2. The van der Waals surface area contributed by atoms with Crippen LogP contribution < -0.4 is 15.5 Å². The predicted molar refractivity (Wildman–Crippen MR) is 94.1 cm³/mol. The Hall–Kier alpha value is -1.73. The van der Waals surface area contributed by atoms with Gasteiger partial charge in [0.15, 0.2) is 0 Å². The third-order valence-electron chi connectivity index (χ3n) is 4.84. The van der Waals surface area contributed by atoms with Gasteiger partial charge in [-0.3, -0.25) is 15.0 Å². The van der Waals surface area contributed by atoms with E-state index in [-0.39, 0.29) is 11.9 Å². The van der Waals surface area contributed by atoms with Gasteiger partial charge in [-0.1, -0.05) is 18.2 Å². The second-order valence-electron chi connectivity index (χ2n) is 7.03. The van der Waals surface area contributed by atoms with Gasteiger partial charge in [-0.25, -0.2) is 8.78 Å². The Morgan fingerprint density at radius 1 is 1.28 bits per heavy atom. The van der Waals surface area contributed by atoms with E-state index in [1.54, 1.807) is 0 Å². The van der Waals surface area contributed by atoms with Crippen molar-refractivity contribution in [3.63, 3.8) is 0 Å². The van der Waals surface area contributed by atoms with Crippen molar-refractivity contribution in [2.45, 2.75) is 31.4 Å². The molecule has 0 saturated carbocycles. The van der Waals surface area contributed by atoms with Gasteiger partial charge in [-0.05, 0) is 19.1 Å². The van der Waals surface area contributed by atoms with Crippen LogP contribution in [0.15, 0.2) is 30.3 Å². The summed E-state index contributed by atoms with van der Waals surface area (Å²) >= 11 is 0. The second-order valence-corrected chi connectivity index (χ2v) is 7.03. The SMILES string of the molecule is CC(CN1CCN(c2ccccc2)CC1)NC(=O)C1CC(F)(F)CN1. The molecular weight excluding hydrogens is 326 g/mol. The van der Waals surface area contributed by atoms with Crippen LogP contribution in [-0.2, 0) is 4.79 Å². The van der Waals surface area contributed by atoms with Gasteiger partial charge >= 0.3 is 0 Å². The number of para-hydroxylation sites is 1. The molecule has 2 unspecified atom stereocenters. The van der Waals surface area contributed by atoms with E-state index in [0.29, 0.717) is 0 Å². The van der Waals surface area contributed by atoms with Crippen LogP contribution in [0.2, 0.25) is 0 Å². The number of halogens is 2. The molecule has 25 heavy (non-hydrogen) atoms. The summed E-state index contributed by atoms with van der Waals surface area (Å²) in [6, 6.07) is 9.48. The molecule has 2 atom stereocenters. The number of carbonyl (C=O) groups is 1. The van der Waals surface area contributed by atoms with Crippen LogP contribution in [-0.4, -0.2) is 68.1 Å². The van der Waals surface area contributed by atoms with Crippen molar-refractivity contribution < 1.29 is 13.6 Å². The summed E-state index contributed by atoms with van der Waals surface area (Å²) in [5.74, 6) is -3.11. The van der Waals surface area contributed by atoms with Crippen LogP contribution in [0, 0.1) is 0 Å². The fraction of sp³-hybridized carbons (Fsp3) is 0.611. The first kappa shape index (κ1) is 18.1. The van der Waals surface area contributed by atoms with Gasteiger partial charge in [0, 0.05) is 50.9 Å². The molecule has 2 aliphatic rings. The maximum Gasteiger partial charge on any atom is 0.262 e. The van der Waals surface area contributed by atoms with Gasteiger partial charge < -0.3 is 10.2 Å². The lowest BCUT2D eigenvalue weighted by Crippen LogP contribution is -2.52. The Bertz CT molecular complexity index is 576. The minimum atomic E-state index is -2.78. The molecule has 3 rings (SSSR count). The van der Waals surface area contributed by atoms with Crippen LogP contribution in [0.4, 0.5) is 14.5 Å². The van der Waals surface area contributed by atoms with E-state index in [4.69, 9.17) is 0 Å². The topological polar surface area (TPSA) is 47.6 Å². The lowest BCUT2D eigenvalue weighted by Gasteiger charge is -2.37. The molecule has 2 fully saturated rings. The molecule has 1 aromatic carbocycles. The predicted octanol–water partition coefficient (Wildman–Crippen LogP) is 1.31. The molecule has 2 heterocycles. The van der Waals surface area contributed by atoms with E-state index >= 15 is 0 Å². The molecule has 0 bridgehead atoms. The summed E-state index contributed by atoms with van der Waals surface area (Å²) < 4.78 is 26.4. The lowest BCUT2D eigenvalue weighted by molar-refractivity contribution is -0.124. The highest BCUT2D eigenvalue weighted by atomic mass is 19.3. The maximum atomic E-state index is 13.2. The van der Waals surface area contributed by atoms with Crippen LogP contribution in [0.1, 0.15) is 13.3 Å². The first-order valence-electron chi connectivity index (χ1n) is 8.87. The highest BCUT2D eigenvalue weighted by Crippen LogP contribution is 2.25. The molecule has 5 nitrogen and oxygen atoms in total. The minimum absolute atomic E-state index is 0.0632. The molecule has 2 aliphatic heterocycles. The molecule has 138 valence electrons. The summed E-state index contributed by atoms with van der Waals surface area (Å²) in [6.45, 7) is 5.98. The molecule has 0 radical (unpaired) electrons.